The molecule has 0 saturated heterocycles. The largest absolute Gasteiger partial charge is 0.357 e. The van der Waals surface area contributed by atoms with Crippen molar-refractivity contribution in [1.82, 2.24) is 10.2 Å². The van der Waals surface area contributed by atoms with Gasteiger partial charge in [0.05, 0.1) is 15.6 Å². The average molecular weight is 645 g/mol. The summed E-state index contributed by atoms with van der Waals surface area (Å²) < 4.78 is 28.8. The molecule has 0 saturated carbocycles. The second-order valence-electron chi connectivity index (χ2n) is 9.39. The molecule has 2 amide bonds. The van der Waals surface area contributed by atoms with Crippen molar-refractivity contribution in [2.75, 3.05) is 17.9 Å². The number of halogens is 3. The Hall–Kier alpha value is -3.56. The van der Waals surface area contributed by atoms with E-state index in [9.17, 15) is 18.0 Å². The van der Waals surface area contributed by atoms with E-state index in [1.807, 2.05) is 30.3 Å². The molecule has 0 spiro atoms. The van der Waals surface area contributed by atoms with E-state index >= 15 is 0 Å². The lowest BCUT2D eigenvalue weighted by Crippen LogP contribution is -2.53. The molecule has 0 heterocycles. The van der Waals surface area contributed by atoms with Gasteiger partial charge < -0.3 is 10.2 Å². The zero-order valence-corrected chi connectivity index (χ0v) is 25.7. The van der Waals surface area contributed by atoms with E-state index in [4.69, 9.17) is 34.8 Å². The van der Waals surface area contributed by atoms with Gasteiger partial charge in [0.15, 0.2) is 0 Å². The zero-order chi connectivity index (χ0) is 30.3. The molecule has 0 aliphatic rings. The molecule has 0 fully saturated rings. The molecule has 218 valence electrons. The first-order valence-corrected chi connectivity index (χ1v) is 15.5. The van der Waals surface area contributed by atoms with Gasteiger partial charge in [-0.15, -0.1) is 0 Å². The third-order valence-corrected chi connectivity index (χ3v) is 9.15. The number of hydrogen-bond acceptors (Lipinski definition) is 4. The molecule has 4 rings (SSSR count). The van der Waals surface area contributed by atoms with Crippen LogP contribution in [0.3, 0.4) is 0 Å². The molecule has 11 heteroatoms. The number of likely N-dealkylation sites (N-methyl/N-ethyl adjacent to an activating group) is 1. The molecule has 4 aromatic carbocycles. The summed E-state index contributed by atoms with van der Waals surface area (Å²) in [5.74, 6) is -1.02. The maximum atomic E-state index is 14.3. The number of anilines is 1. The van der Waals surface area contributed by atoms with E-state index < -0.39 is 34.4 Å². The van der Waals surface area contributed by atoms with Crippen molar-refractivity contribution in [1.29, 1.82) is 0 Å². The van der Waals surface area contributed by atoms with Crippen LogP contribution in [0.15, 0.2) is 108 Å². The summed E-state index contributed by atoms with van der Waals surface area (Å²) in [6.45, 7) is -0.628. The first-order chi connectivity index (χ1) is 20.1. The molecular weight excluding hydrogens is 617 g/mol. The van der Waals surface area contributed by atoms with Crippen LogP contribution in [0.4, 0.5) is 5.69 Å². The Morgan fingerprint density at radius 1 is 0.786 bits per heavy atom. The molecule has 0 bridgehead atoms. The topological polar surface area (TPSA) is 86.8 Å². The van der Waals surface area contributed by atoms with E-state index in [0.717, 1.165) is 9.87 Å². The highest BCUT2D eigenvalue weighted by atomic mass is 35.5. The van der Waals surface area contributed by atoms with Gasteiger partial charge in [-0.25, -0.2) is 8.42 Å². The minimum Gasteiger partial charge on any atom is -0.357 e. The van der Waals surface area contributed by atoms with Crippen molar-refractivity contribution in [3.05, 3.63) is 129 Å². The normalized spacial score (nSPS) is 11.9. The van der Waals surface area contributed by atoms with Crippen molar-refractivity contribution in [2.45, 2.75) is 23.9 Å². The fourth-order valence-electron chi connectivity index (χ4n) is 4.42. The second-order valence-corrected chi connectivity index (χ2v) is 12.5. The number of carbonyl (C=O) groups excluding carboxylic acids is 2. The molecule has 4 aromatic rings. The van der Waals surface area contributed by atoms with Crippen LogP contribution in [0.5, 0.6) is 0 Å². The van der Waals surface area contributed by atoms with E-state index in [1.54, 1.807) is 42.5 Å². The van der Waals surface area contributed by atoms with Crippen molar-refractivity contribution >= 4 is 62.3 Å². The van der Waals surface area contributed by atoms with Crippen molar-refractivity contribution in [3.63, 3.8) is 0 Å². The zero-order valence-electron chi connectivity index (χ0n) is 22.6. The minimum absolute atomic E-state index is 0.0173. The number of rotatable bonds is 11. The maximum Gasteiger partial charge on any atom is 0.264 e. The summed E-state index contributed by atoms with van der Waals surface area (Å²) in [5, 5.41) is 3.49. The standard InChI is InChI=1S/C31H28Cl3N3O4S/c1-35-31(39)29(18-22-8-4-2-5-9-22)36(20-23-12-14-24(32)15-13-23)30(38)21-37(28-19-25(33)16-17-27(28)34)42(40,41)26-10-6-3-7-11-26/h2-17,19,29H,18,20-21H2,1H3,(H,35,39)/t29-/m0/s1. The number of benzene rings is 4. The Morgan fingerprint density at radius 3 is 2.00 bits per heavy atom. The molecule has 0 aromatic heterocycles. The highest BCUT2D eigenvalue weighted by molar-refractivity contribution is 7.92. The van der Waals surface area contributed by atoms with Crippen LogP contribution in [0, 0.1) is 0 Å². The number of sulfonamides is 1. The lowest BCUT2D eigenvalue weighted by molar-refractivity contribution is -0.139. The SMILES string of the molecule is CNC(=O)[C@H](Cc1ccccc1)N(Cc1ccc(Cl)cc1)C(=O)CN(c1cc(Cl)ccc1Cl)S(=O)(=O)c1ccccc1. The Kier molecular flexibility index (Phi) is 10.5. The Morgan fingerprint density at radius 2 is 1.38 bits per heavy atom. The predicted molar refractivity (Wildman–Crippen MR) is 167 cm³/mol. The third-order valence-electron chi connectivity index (χ3n) is 6.57. The van der Waals surface area contributed by atoms with Gasteiger partial charge in [0.25, 0.3) is 10.0 Å². The first kappa shape index (κ1) is 31.4. The molecular formula is C31H28Cl3N3O4S. The molecule has 0 aliphatic heterocycles. The molecule has 0 aliphatic carbocycles. The highest BCUT2D eigenvalue weighted by Crippen LogP contribution is 2.33. The van der Waals surface area contributed by atoms with Crippen LogP contribution < -0.4 is 9.62 Å². The number of amides is 2. The lowest BCUT2D eigenvalue weighted by Gasteiger charge is -2.33. The van der Waals surface area contributed by atoms with Gasteiger partial charge in [-0.1, -0.05) is 95.5 Å². The van der Waals surface area contributed by atoms with Crippen LogP contribution in [0.25, 0.3) is 0 Å². The third kappa shape index (κ3) is 7.63. The molecule has 1 N–H and O–H groups in total. The summed E-state index contributed by atoms with van der Waals surface area (Å²) >= 11 is 18.8. The van der Waals surface area contributed by atoms with Crippen LogP contribution in [0.1, 0.15) is 11.1 Å². The van der Waals surface area contributed by atoms with Gasteiger partial charge in [0, 0.05) is 30.1 Å². The van der Waals surface area contributed by atoms with E-state index in [2.05, 4.69) is 5.32 Å². The quantitative estimate of drug-likeness (QED) is 0.210. The van der Waals surface area contributed by atoms with Gasteiger partial charge in [-0.2, -0.15) is 0 Å². The molecule has 7 nitrogen and oxygen atoms in total. The summed E-state index contributed by atoms with van der Waals surface area (Å²) in [4.78, 5) is 28.9. The van der Waals surface area contributed by atoms with Crippen LogP contribution >= 0.6 is 34.8 Å². The number of nitrogens with zero attached hydrogens (tertiary/aromatic N) is 2. The summed E-state index contributed by atoms with van der Waals surface area (Å²) in [7, 11) is -2.80. The lowest BCUT2D eigenvalue weighted by atomic mass is 10.0. The highest BCUT2D eigenvalue weighted by Gasteiger charge is 2.35. The van der Waals surface area contributed by atoms with Crippen molar-refractivity contribution in [3.8, 4) is 0 Å². The predicted octanol–water partition coefficient (Wildman–Crippen LogP) is 6.23. The minimum atomic E-state index is -4.29. The summed E-state index contributed by atoms with van der Waals surface area (Å²) in [6, 6.07) is 27.3. The number of carbonyl (C=O) groups is 2. The van der Waals surface area contributed by atoms with Crippen LogP contribution in [-0.4, -0.2) is 44.8 Å². The smallest absolute Gasteiger partial charge is 0.264 e. The fraction of sp³-hybridized carbons (Fsp3) is 0.161. The summed E-state index contributed by atoms with van der Waals surface area (Å²) in [5.41, 5.74) is 1.56. The van der Waals surface area contributed by atoms with E-state index in [0.29, 0.717) is 10.6 Å². The monoisotopic (exact) mass is 643 g/mol. The van der Waals surface area contributed by atoms with E-state index in [-0.39, 0.29) is 33.6 Å². The molecule has 0 radical (unpaired) electrons. The number of nitrogens with one attached hydrogen (secondary N) is 1. The Bertz CT molecular complexity index is 1640. The van der Waals surface area contributed by atoms with Gasteiger partial charge in [-0.05, 0) is 53.6 Å². The Balaban J connectivity index is 1.81. The molecule has 0 unspecified atom stereocenters. The van der Waals surface area contributed by atoms with Gasteiger partial charge in [-0.3, -0.25) is 13.9 Å². The van der Waals surface area contributed by atoms with Crippen molar-refractivity contribution < 1.29 is 18.0 Å². The second kappa shape index (κ2) is 14.1. The van der Waals surface area contributed by atoms with Gasteiger partial charge in [0.2, 0.25) is 11.8 Å². The fourth-order valence-corrected chi connectivity index (χ4v) is 6.43. The van der Waals surface area contributed by atoms with Crippen LogP contribution in [0.2, 0.25) is 15.1 Å². The number of hydrogen-bond donors (Lipinski definition) is 1. The average Bonchev–Trinajstić information content (AvgIpc) is 3.00. The van der Waals surface area contributed by atoms with Crippen LogP contribution in [-0.2, 0) is 32.6 Å². The van der Waals surface area contributed by atoms with Crippen molar-refractivity contribution in [2.24, 2.45) is 0 Å². The van der Waals surface area contributed by atoms with Gasteiger partial charge in [0.1, 0.15) is 12.6 Å². The maximum absolute atomic E-state index is 14.3. The van der Waals surface area contributed by atoms with Gasteiger partial charge >= 0.3 is 0 Å². The molecule has 42 heavy (non-hydrogen) atoms. The molecule has 1 atom stereocenters. The van der Waals surface area contributed by atoms with E-state index in [1.165, 1.54) is 42.3 Å². The summed E-state index contributed by atoms with van der Waals surface area (Å²) in [6.07, 6.45) is 0.198. The Labute approximate surface area is 260 Å². The first-order valence-electron chi connectivity index (χ1n) is 12.9.